The minimum atomic E-state index is 0.494. The Hall–Kier alpha value is -1.05. The molecule has 0 aromatic heterocycles. The summed E-state index contributed by atoms with van der Waals surface area (Å²) in [7, 11) is 0. The molecule has 0 bridgehead atoms. The van der Waals surface area contributed by atoms with Gasteiger partial charge in [-0.3, -0.25) is 0 Å². The molecule has 0 amide bonds. The standard InChI is InChI=1S/C7H12N2/c1-4-5-6(2)7(8)9-3/h4-5H,3,8H2,1-2H3/b5-4-,7-6-. The van der Waals surface area contributed by atoms with Crippen molar-refractivity contribution in [3.05, 3.63) is 23.5 Å². The molecule has 0 saturated carbocycles. The average Bonchev–Trinajstić information content (AvgIpc) is 1.87. The summed E-state index contributed by atoms with van der Waals surface area (Å²) in [6, 6.07) is 0. The largest absolute Gasteiger partial charge is 0.384 e. The van der Waals surface area contributed by atoms with Gasteiger partial charge in [-0.1, -0.05) is 12.2 Å². The van der Waals surface area contributed by atoms with Crippen LogP contribution in [0.15, 0.2) is 28.5 Å². The smallest absolute Gasteiger partial charge is 0.125 e. The summed E-state index contributed by atoms with van der Waals surface area (Å²) in [5.41, 5.74) is 6.35. The van der Waals surface area contributed by atoms with Gasteiger partial charge in [-0.05, 0) is 26.1 Å². The van der Waals surface area contributed by atoms with Crippen molar-refractivity contribution >= 4 is 6.72 Å². The Balaban J connectivity index is 4.27. The molecule has 2 nitrogen and oxygen atoms in total. The van der Waals surface area contributed by atoms with Crippen LogP contribution in [-0.2, 0) is 0 Å². The van der Waals surface area contributed by atoms with Crippen molar-refractivity contribution < 1.29 is 0 Å². The van der Waals surface area contributed by atoms with E-state index in [4.69, 9.17) is 5.73 Å². The third-order valence-electron chi connectivity index (χ3n) is 0.991. The number of nitrogens with two attached hydrogens (primary N) is 1. The maximum absolute atomic E-state index is 5.40. The Morgan fingerprint density at radius 1 is 1.67 bits per heavy atom. The topological polar surface area (TPSA) is 38.4 Å². The van der Waals surface area contributed by atoms with Crippen molar-refractivity contribution in [2.45, 2.75) is 13.8 Å². The summed E-state index contributed by atoms with van der Waals surface area (Å²) < 4.78 is 0. The van der Waals surface area contributed by atoms with E-state index in [1.807, 2.05) is 26.0 Å². The number of hydrogen-bond donors (Lipinski definition) is 1. The van der Waals surface area contributed by atoms with Crippen LogP contribution >= 0.6 is 0 Å². The number of aliphatic imine (C=N–C) groups is 1. The predicted octanol–water partition coefficient (Wildman–Crippen LogP) is 1.45. The molecule has 2 N–H and O–H groups in total. The van der Waals surface area contributed by atoms with E-state index in [2.05, 4.69) is 11.7 Å². The maximum Gasteiger partial charge on any atom is 0.125 e. The van der Waals surface area contributed by atoms with Crippen molar-refractivity contribution in [3.63, 3.8) is 0 Å². The molecular weight excluding hydrogens is 112 g/mol. The number of hydrogen-bond acceptors (Lipinski definition) is 2. The summed E-state index contributed by atoms with van der Waals surface area (Å²) >= 11 is 0. The zero-order chi connectivity index (χ0) is 7.28. The van der Waals surface area contributed by atoms with Crippen molar-refractivity contribution in [2.75, 3.05) is 0 Å². The second-order valence-corrected chi connectivity index (χ2v) is 1.73. The van der Waals surface area contributed by atoms with Crippen LogP contribution in [0.25, 0.3) is 0 Å². The van der Waals surface area contributed by atoms with Crippen LogP contribution in [0, 0.1) is 0 Å². The molecule has 0 radical (unpaired) electrons. The molecule has 0 unspecified atom stereocenters. The Morgan fingerprint density at radius 2 is 2.22 bits per heavy atom. The van der Waals surface area contributed by atoms with Gasteiger partial charge < -0.3 is 5.73 Å². The van der Waals surface area contributed by atoms with Crippen LogP contribution in [0.3, 0.4) is 0 Å². The first kappa shape index (κ1) is 7.95. The summed E-state index contributed by atoms with van der Waals surface area (Å²) in [6.45, 7) is 7.12. The molecule has 50 valence electrons. The molecule has 0 aromatic carbocycles. The molecule has 0 atom stereocenters. The third-order valence-corrected chi connectivity index (χ3v) is 0.991. The lowest BCUT2D eigenvalue weighted by Gasteiger charge is -1.93. The molecule has 0 saturated heterocycles. The van der Waals surface area contributed by atoms with E-state index in [9.17, 15) is 0 Å². The highest BCUT2D eigenvalue weighted by atomic mass is 14.9. The molecule has 0 aromatic rings. The first-order valence-electron chi connectivity index (χ1n) is 2.78. The van der Waals surface area contributed by atoms with Crippen LogP contribution in [0.1, 0.15) is 13.8 Å². The lowest BCUT2D eigenvalue weighted by molar-refractivity contribution is 1.20. The summed E-state index contributed by atoms with van der Waals surface area (Å²) in [6.07, 6.45) is 3.80. The summed E-state index contributed by atoms with van der Waals surface area (Å²) in [5.74, 6) is 0.494. The molecular formula is C7H12N2. The van der Waals surface area contributed by atoms with E-state index in [0.717, 1.165) is 5.57 Å². The maximum atomic E-state index is 5.40. The van der Waals surface area contributed by atoms with Gasteiger partial charge in [0.05, 0.1) is 0 Å². The summed E-state index contributed by atoms with van der Waals surface area (Å²) in [5, 5.41) is 0. The number of allylic oxidation sites excluding steroid dienone is 3. The highest BCUT2D eigenvalue weighted by Gasteiger charge is 1.85. The first-order chi connectivity index (χ1) is 4.22. The van der Waals surface area contributed by atoms with Gasteiger partial charge in [-0.25, -0.2) is 4.99 Å². The minimum absolute atomic E-state index is 0.494. The lowest BCUT2D eigenvalue weighted by Crippen LogP contribution is -1.94. The zero-order valence-electron chi connectivity index (χ0n) is 5.89. The van der Waals surface area contributed by atoms with Gasteiger partial charge in [-0.15, -0.1) is 0 Å². The van der Waals surface area contributed by atoms with Gasteiger partial charge in [-0.2, -0.15) is 0 Å². The van der Waals surface area contributed by atoms with Crippen molar-refractivity contribution in [3.8, 4) is 0 Å². The van der Waals surface area contributed by atoms with Crippen LogP contribution in [0.4, 0.5) is 0 Å². The van der Waals surface area contributed by atoms with Gasteiger partial charge in [0.15, 0.2) is 0 Å². The van der Waals surface area contributed by atoms with E-state index in [1.54, 1.807) is 0 Å². The molecule has 9 heavy (non-hydrogen) atoms. The van der Waals surface area contributed by atoms with E-state index in [-0.39, 0.29) is 0 Å². The van der Waals surface area contributed by atoms with Crippen LogP contribution in [0.5, 0.6) is 0 Å². The monoisotopic (exact) mass is 124 g/mol. The molecule has 0 fully saturated rings. The van der Waals surface area contributed by atoms with Crippen molar-refractivity contribution in [1.82, 2.24) is 0 Å². The van der Waals surface area contributed by atoms with E-state index >= 15 is 0 Å². The van der Waals surface area contributed by atoms with E-state index < -0.39 is 0 Å². The average molecular weight is 124 g/mol. The Kier molecular flexibility index (Phi) is 3.44. The second-order valence-electron chi connectivity index (χ2n) is 1.73. The van der Waals surface area contributed by atoms with Gasteiger partial charge in [0, 0.05) is 0 Å². The van der Waals surface area contributed by atoms with Crippen LogP contribution in [-0.4, -0.2) is 6.72 Å². The van der Waals surface area contributed by atoms with E-state index in [1.165, 1.54) is 0 Å². The lowest BCUT2D eigenvalue weighted by atomic mass is 10.3. The van der Waals surface area contributed by atoms with Crippen LogP contribution < -0.4 is 5.73 Å². The molecule has 0 aliphatic rings. The molecule has 0 aliphatic heterocycles. The Labute approximate surface area is 55.8 Å². The van der Waals surface area contributed by atoms with Crippen molar-refractivity contribution in [2.24, 2.45) is 10.7 Å². The third kappa shape index (κ3) is 2.69. The molecule has 0 rings (SSSR count). The zero-order valence-corrected chi connectivity index (χ0v) is 5.89. The highest BCUT2D eigenvalue weighted by Crippen LogP contribution is 1.98. The van der Waals surface area contributed by atoms with Gasteiger partial charge in [0.2, 0.25) is 0 Å². The molecule has 2 heteroatoms. The molecule has 0 spiro atoms. The minimum Gasteiger partial charge on any atom is -0.384 e. The first-order valence-corrected chi connectivity index (χ1v) is 2.78. The predicted molar refractivity (Wildman–Crippen MR) is 41.3 cm³/mol. The molecule has 0 heterocycles. The quantitative estimate of drug-likeness (QED) is 0.439. The highest BCUT2D eigenvalue weighted by molar-refractivity contribution is 5.31. The Bertz CT molecular complexity index is 154. The fraction of sp³-hybridized carbons (Fsp3) is 0.286. The normalized spacial score (nSPS) is 13.6. The second kappa shape index (κ2) is 3.89. The number of nitrogens with zero attached hydrogens (tertiary/aromatic N) is 1. The fourth-order valence-corrected chi connectivity index (χ4v) is 0.460. The Morgan fingerprint density at radius 3 is 2.56 bits per heavy atom. The summed E-state index contributed by atoms with van der Waals surface area (Å²) in [4.78, 5) is 3.56. The molecule has 0 aliphatic carbocycles. The van der Waals surface area contributed by atoms with Gasteiger partial charge >= 0.3 is 0 Å². The number of rotatable bonds is 2. The van der Waals surface area contributed by atoms with Crippen molar-refractivity contribution in [1.29, 1.82) is 0 Å². The fourth-order valence-electron chi connectivity index (χ4n) is 0.460. The SMILES string of the molecule is C=N/C(N)=C(C)\C=C/C. The van der Waals surface area contributed by atoms with Gasteiger partial charge in [0.25, 0.3) is 0 Å². The van der Waals surface area contributed by atoms with Crippen LogP contribution in [0.2, 0.25) is 0 Å². The van der Waals surface area contributed by atoms with E-state index in [0.29, 0.717) is 5.82 Å². The van der Waals surface area contributed by atoms with Gasteiger partial charge in [0.1, 0.15) is 5.82 Å².